The molecular weight excluding hydrogens is 336 g/mol. The Morgan fingerprint density at radius 3 is 2.52 bits per heavy atom. The van der Waals surface area contributed by atoms with Crippen molar-refractivity contribution in [3.63, 3.8) is 0 Å². The predicted octanol–water partition coefficient (Wildman–Crippen LogP) is 2.76. The summed E-state index contributed by atoms with van der Waals surface area (Å²) >= 11 is 0. The van der Waals surface area contributed by atoms with Gasteiger partial charge in [-0.25, -0.2) is 13.1 Å². The van der Waals surface area contributed by atoms with Crippen molar-refractivity contribution in [3.8, 4) is 0 Å². The Kier molecular flexibility index (Phi) is 5.49. The van der Waals surface area contributed by atoms with Gasteiger partial charge in [-0.15, -0.1) is 0 Å². The highest BCUT2D eigenvalue weighted by Gasteiger charge is 2.33. The molecule has 1 aromatic rings. The molecule has 0 aromatic heterocycles. The Hall–Kier alpha value is -1.40. The normalized spacial score (nSPS) is 22.3. The number of sulfonamides is 1. The average Bonchev–Trinajstić information content (AvgIpc) is 3.02. The Labute approximate surface area is 150 Å². The van der Waals surface area contributed by atoms with E-state index < -0.39 is 10.0 Å². The van der Waals surface area contributed by atoms with Gasteiger partial charge in [-0.3, -0.25) is 4.79 Å². The minimum Gasteiger partial charge on any atom is -0.341 e. The molecule has 1 aliphatic carbocycles. The lowest BCUT2D eigenvalue weighted by Crippen LogP contribution is -2.40. The molecule has 25 heavy (non-hydrogen) atoms. The smallest absolute Gasteiger partial charge is 0.241 e. The molecule has 1 aromatic carbocycles. The molecular formula is C19H28N2O3S. The summed E-state index contributed by atoms with van der Waals surface area (Å²) in [7, 11) is -3.55. The molecule has 1 heterocycles. The van der Waals surface area contributed by atoms with Crippen LogP contribution in [-0.4, -0.2) is 38.4 Å². The van der Waals surface area contributed by atoms with Gasteiger partial charge in [-0.2, -0.15) is 0 Å². The van der Waals surface area contributed by atoms with Gasteiger partial charge in [-0.1, -0.05) is 37.0 Å². The maximum Gasteiger partial charge on any atom is 0.241 e. The number of nitrogens with zero attached hydrogens (tertiary/aromatic N) is 1. The molecule has 5 nitrogen and oxygen atoms in total. The summed E-state index contributed by atoms with van der Waals surface area (Å²) in [5, 5.41) is 0. The first-order valence-electron chi connectivity index (χ1n) is 9.25. The van der Waals surface area contributed by atoms with Crippen LogP contribution in [0, 0.1) is 19.8 Å². The highest BCUT2D eigenvalue weighted by atomic mass is 32.2. The number of aryl methyl sites for hydroxylation is 2. The van der Waals surface area contributed by atoms with Crippen LogP contribution in [0.3, 0.4) is 0 Å². The van der Waals surface area contributed by atoms with Crippen LogP contribution in [0.2, 0.25) is 0 Å². The zero-order valence-corrected chi connectivity index (χ0v) is 15.9. The fourth-order valence-electron chi connectivity index (χ4n) is 4.05. The minimum absolute atomic E-state index is 0.142. The molecule has 1 N–H and O–H groups in total. The van der Waals surface area contributed by atoms with E-state index in [1.807, 2.05) is 30.9 Å². The Morgan fingerprint density at radius 2 is 1.84 bits per heavy atom. The third-order valence-electron chi connectivity index (χ3n) is 5.40. The van der Waals surface area contributed by atoms with Gasteiger partial charge in [0.1, 0.15) is 0 Å². The van der Waals surface area contributed by atoms with Crippen LogP contribution in [0.4, 0.5) is 0 Å². The highest BCUT2D eigenvalue weighted by Crippen LogP contribution is 2.27. The van der Waals surface area contributed by atoms with Crippen molar-refractivity contribution in [2.75, 3.05) is 13.1 Å². The van der Waals surface area contributed by atoms with Crippen LogP contribution in [0.5, 0.6) is 0 Å². The number of carbonyl (C=O) groups is 1. The average molecular weight is 365 g/mol. The number of amides is 1. The largest absolute Gasteiger partial charge is 0.341 e. The molecule has 1 atom stereocenters. The third kappa shape index (κ3) is 4.23. The van der Waals surface area contributed by atoms with Gasteiger partial charge in [0.25, 0.3) is 0 Å². The van der Waals surface area contributed by atoms with Gasteiger partial charge in [0, 0.05) is 25.0 Å². The summed E-state index contributed by atoms with van der Waals surface area (Å²) in [6.07, 6.45) is 6.13. The van der Waals surface area contributed by atoms with Gasteiger partial charge >= 0.3 is 0 Å². The number of rotatable bonds is 4. The van der Waals surface area contributed by atoms with Gasteiger partial charge < -0.3 is 4.90 Å². The van der Waals surface area contributed by atoms with Crippen molar-refractivity contribution in [3.05, 3.63) is 29.3 Å². The number of likely N-dealkylation sites (tertiary alicyclic amines) is 1. The first kappa shape index (κ1) is 18.4. The van der Waals surface area contributed by atoms with E-state index in [0.29, 0.717) is 24.4 Å². The minimum atomic E-state index is -3.55. The number of nitrogens with one attached hydrogen (secondary N) is 1. The maximum atomic E-state index is 12.7. The molecule has 2 fully saturated rings. The molecule has 1 unspecified atom stereocenters. The summed E-state index contributed by atoms with van der Waals surface area (Å²) in [5.41, 5.74) is 1.79. The highest BCUT2D eigenvalue weighted by molar-refractivity contribution is 7.89. The van der Waals surface area contributed by atoms with E-state index >= 15 is 0 Å². The Balaban J connectivity index is 1.63. The van der Waals surface area contributed by atoms with Crippen molar-refractivity contribution >= 4 is 15.9 Å². The van der Waals surface area contributed by atoms with Gasteiger partial charge in [0.2, 0.25) is 15.9 Å². The SMILES string of the molecule is Cc1ccc(S(=O)(=O)NC2CCN(C(=O)C3CCCCC3)C2)c(C)c1. The lowest BCUT2D eigenvalue weighted by atomic mass is 9.88. The van der Waals surface area contributed by atoms with E-state index in [1.54, 1.807) is 6.07 Å². The fourth-order valence-corrected chi connectivity index (χ4v) is 5.54. The summed E-state index contributed by atoms with van der Waals surface area (Å²) in [6.45, 7) is 4.90. The lowest BCUT2D eigenvalue weighted by Gasteiger charge is -2.26. The second-order valence-corrected chi connectivity index (χ2v) is 9.18. The van der Waals surface area contributed by atoms with Crippen molar-refractivity contribution in [2.45, 2.75) is 63.3 Å². The molecule has 2 aliphatic rings. The summed E-state index contributed by atoms with van der Waals surface area (Å²) in [5.74, 6) is 0.358. The Morgan fingerprint density at radius 1 is 1.12 bits per heavy atom. The first-order chi connectivity index (χ1) is 11.9. The number of benzene rings is 1. The topological polar surface area (TPSA) is 66.5 Å². The quantitative estimate of drug-likeness (QED) is 0.893. The second kappa shape index (κ2) is 7.46. The van der Waals surface area contributed by atoms with E-state index in [2.05, 4.69) is 4.72 Å². The Bertz CT molecular complexity index is 739. The van der Waals surface area contributed by atoms with Gasteiger partial charge in [0.15, 0.2) is 0 Å². The molecule has 1 amide bonds. The predicted molar refractivity (Wildman–Crippen MR) is 97.8 cm³/mol. The van der Waals surface area contributed by atoms with Crippen molar-refractivity contribution < 1.29 is 13.2 Å². The van der Waals surface area contributed by atoms with Gasteiger partial charge in [-0.05, 0) is 44.7 Å². The first-order valence-corrected chi connectivity index (χ1v) is 10.7. The summed E-state index contributed by atoms with van der Waals surface area (Å²) < 4.78 is 28.2. The standard InChI is InChI=1S/C19H28N2O3S/c1-14-8-9-18(15(2)12-14)25(23,24)20-17-10-11-21(13-17)19(22)16-6-4-3-5-7-16/h8-9,12,16-17,20H,3-7,10-11,13H2,1-2H3. The third-order valence-corrected chi connectivity index (χ3v) is 7.08. The maximum absolute atomic E-state index is 12.7. The van der Waals surface area contributed by atoms with Crippen LogP contribution in [-0.2, 0) is 14.8 Å². The monoisotopic (exact) mass is 364 g/mol. The van der Waals surface area contributed by atoms with E-state index in [0.717, 1.165) is 36.8 Å². The van der Waals surface area contributed by atoms with Crippen LogP contribution in [0.25, 0.3) is 0 Å². The number of carbonyl (C=O) groups excluding carboxylic acids is 1. The number of hydrogen-bond acceptors (Lipinski definition) is 3. The lowest BCUT2D eigenvalue weighted by molar-refractivity contribution is -0.135. The van der Waals surface area contributed by atoms with Crippen LogP contribution >= 0.6 is 0 Å². The van der Waals surface area contributed by atoms with E-state index in [1.165, 1.54) is 6.42 Å². The fraction of sp³-hybridized carbons (Fsp3) is 0.632. The molecule has 1 saturated heterocycles. The summed E-state index contributed by atoms with van der Waals surface area (Å²) in [4.78, 5) is 14.8. The molecule has 0 spiro atoms. The van der Waals surface area contributed by atoms with Crippen LogP contribution in [0.1, 0.15) is 49.7 Å². The van der Waals surface area contributed by atoms with E-state index in [9.17, 15) is 13.2 Å². The van der Waals surface area contributed by atoms with E-state index in [-0.39, 0.29) is 17.9 Å². The zero-order chi connectivity index (χ0) is 18.0. The molecule has 0 radical (unpaired) electrons. The summed E-state index contributed by atoms with van der Waals surface area (Å²) in [6, 6.07) is 5.16. The van der Waals surface area contributed by atoms with Crippen molar-refractivity contribution in [1.29, 1.82) is 0 Å². The van der Waals surface area contributed by atoms with Crippen LogP contribution < -0.4 is 4.72 Å². The number of hydrogen-bond donors (Lipinski definition) is 1. The van der Waals surface area contributed by atoms with Crippen molar-refractivity contribution in [1.82, 2.24) is 9.62 Å². The van der Waals surface area contributed by atoms with Gasteiger partial charge in [0.05, 0.1) is 4.90 Å². The molecule has 1 saturated carbocycles. The van der Waals surface area contributed by atoms with E-state index in [4.69, 9.17) is 0 Å². The van der Waals surface area contributed by atoms with Crippen molar-refractivity contribution in [2.24, 2.45) is 5.92 Å². The molecule has 6 heteroatoms. The molecule has 1 aliphatic heterocycles. The van der Waals surface area contributed by atoms with Crippen LogP contribution in [0.15, 0.2) is 23.1 Å². The molecule has 138 valence electrons. The molecule has 0 bridgehead atoms. The molecule has 3 rings (SSSR count). The second-order valence-electron chi connectivity index (χ2n) is 7.50. The zero-order valence-electron chi connectivity index (χ0n) is 15.1.